The molecule has 3 heterocycles. The Morgan fingerprint density at radius 3 is 2.53 bits per heavy atom. The molecule has 7 heteroatoms. The van der Waals surface area contributed by atoms with Crippen LogP contribution >= 0.6 is 0 Å². The Morgan fingerprint density at radius 1 is 1.03 bits per heavy atom. The molecule has 7 nitrogen and oxygen atoms in total. The predicted octanol–water partition coefficient (Wildman–Crippen LogP) is 6.04. The van der Waals surface area contributed by atoms with E-state index in [4.69, 9.17) is 9.15 Å². The van der Waals surface area contributed by atoms with Crippen molar-refractivity contribution >= 4 is 5.71 Å². The predicted molar refractivity (Wildman–Crippen MR) is 137 cm³/mol. The zero-order valence-electron chi connectivity index (χ0n) is 20.6. The highest BCUT2D eigenvalue weighted by Crippen LogP contribution is 2.34. The van der Waals surface area contributed by atoms with Crippen LogP contribution in [0.15, 0.2) is 76.4 Å². The molecule has 1 N–H and O–H groups in total. The van der Waals surface area contributed by atoms with Crippen molar-refractivity contribution < 1.29 is 14.4 Å². The lowest BCUT2D eigenvalue weighted by Gasteiger charge is -2.21. The lowest BCUT2D eigenvalue weighted by Crippen LogP contribution is -2.14. The van der Waals surface area contributed by atoms with Gasteiger partial charge in [0.25, 0.3) is 0 Å². The van der Waals surface area contributed by atoms with Crippen molar-refractivity contribution in [3.63, 3.8) is 0 Å². The number of ether oxygens (including phenoxy) is 1. The summed E-state index contributed by atoms with van der Waals surface area (Å²) in [5, 5.41) is 22.2. The molecule has 0 spiro atoms. The van der Waals surface area contributed by atoms with Gasteiger partial charge in [0.15, 0.2) is 0 Å². The maximum atomic E-state index is 9.92. The lowest BCUT2D eigenvalue weighted by molar-refractivity contribution is 0.0795. The molecule has 2 aromatic heterocycles. The molecule has 4 aromatic rings. The zero-order chi connectivity index (χ0) is 24.9. The van der Waals surface area contributed by atoms with E-state index in [1.807, 2.05) is 43.3 Å². The van der Waals surface area contributed by atoms with E-state index in [0.717, 1.165) is 48.4 Å². The van der Waals surface area contributed by atoms with Crippen LogP contribution in [0.1, 0.15) is 64.9 Å². The van der Waals surface area contributed by atoms with E-state index in [1.54, 1.807) is 6.20 Å². The van der Waals surface area contributed by atoms with E-state index in [9.17, 15) is 5.21 Å². The summed E-state index contributed by atoms with van der Waals surface area (Å²) in [6.45, 7) is 5.51. The second-order valence-corrected chi connectivity index (χ2v) is 9.30. The third-order valence-electron chi connectivity index (χ3n) is 6.88. The fraction of sp³-hybridized carbons (Fsp3) is 0.310. The minimum absolute atomic E-state index is 0.0000985. The highest BCUT2D eigenvalue weighted by molar-refractivity contribution is 6.01. The minimum atomic E-state index is 0.0000985. The van der Waals surface area contributed by atoms with Gasteiger partial charge < -0.3 is 14.4 Å². The first kappa shape index (κ1) is 23.9. The smallest absolute Gasteiger partial charge is 0.247 e. The van der Waals surface area contributed by atoms with Crippen LogP contribution in [0.2, 0.25) is 0 Å². The third-order valence-corrected chi connectivity index (χ3v) is 6.88. The van der Waals surface area contributed by atoms with E-state index in [1.165, 1.54) is 11.1 Å². The first-order chi connectivity index (χ1) is 17.6. The van der Waals surface area contributed by atoms with Crippen LogP contribution in [0.5, 0.6) is 0 Å². The molecule has 1 fully saturated rings. The van der Waals surface area contributed by atoms with Crippen LogP contribution in [-0.4, -0.2) is 39.3 Å². The summed E-state index contributed by atoms with van der Waals surface area (Å²) in [4.78, 5) is 4.27. The van der Waals surface area contributed by atoms with Gasteiger partial charge in [-0.1, -0.05) is 41.6 Å². The summed E-state index contributed by atoms with van der Waals surface area (Å²) < 4.78 is 11.5. The summed E-state index contributed by atoms with van der Waals surface area (Å²) in [7, 11) is 0. The minimum Gasteiger partial charge on any atom is -0.420 e. The Hall–Kier alpha value is -3.84. The summed E-state index contributed by atoms with van der Waals surface area (Å²) in [5.74, 6) is 1.48. The van der Waals surface area contributed by atoms with Gasteiger partial charge in [-0.3, -0.25) is 4.98 Å². The normalized spacial score (nSPS) is 15.7. The molecule has 0 radical (unpaired) electrons. The third kappa shape index (κ3) is 5.21. The number of aryl methyl sites for hydroxylation is 2. The van der Waals surface area contributed by atoms with Gasteiger partial charge >= 0.3 is 0 Å². The molecule has 0 saturated carbocycles. The maximum Gasteiger partial charge on any atom is 0.247 e. The average molecular weight is 483 g/mol. The van der Waals surface area contributed by atoms with Gasteiger partial charge in [0.2, 0.25) is 11.8 Å². The zero-order valence-corrected chi connectivity index (χ0v) is 20.6. The standard InChI is InChI=1S/C29H30N4O3/c1-19-5-3-4-6-25(19)26(18-27(33-34)24-11-14-30-20(2)17-24)21-7-9-22(10-8-21)28-31-32-29(36-28)23-12-15-35-16-13-23/h3-11,14,17,23,26,34H,12-13,15-16,18H2,1-2H3/b33-27+/t26-/m1/s1. The first-order valence-electron chi connectivity index (χ1n) is 12.3. The molecule has 1 saturated heterocycles. The quantitative estimate of drug-likeness (QED) is 0.196. The molecule has 0 amide bonds. The largest absolute Gasteiger partial charge is 0.420 e. The monoisotopic (exact) mass is 482 g/mol. The van der Waals surface area contributed by atoms with Crippen LogP contribution in [0.4, 0.5) is 0 Å². The number of hydrogen-bond donors (Lipinski definition) is 1. The van der Waals surface area contributed by atoms with Crippen LogP contribution < -0.4 is 0 Å². The maximum absolute atomic E-state index is 9.92. The van der Waals surface area contributed by atoms with Crippen LogP contribution in [0.3, 0.4) is 0 Å². The van der Waals surface area contributed by atoms with Gasteiger partial charge in [0, 0.05) is 54.5 Å². The highest BCUT2D eigenvalue weighted by atomic mass is 16.5. The number of rotatable bonds is 7. The van der Waals surface area contributed by atoms with Crippen molar-refractivity contribution in [1.29, 1.82) is 0 Å². The van der Waals surface area contributed by atoms with Gasteiger partial charge in [-0.2, -0.15) is 0 Å². The molecule has 5 rings (SSSR count). The summed E-state index contributed by atoms with van der Waals surface area (Å²) >= 11 is 0. The van der Waals surface area contributed by atoms with Gasteiger partial charge in [0.05, 0.1) is 5.71 Å². The molecule has 1 atom stereocenters. The second kappa shape index (κ2) is 10.8. The summed E-state index contributed by atoms with van der Waals surface area (Å²) in [6.07, 6.45) is 4.10. The van der Waals surface area contributed by atoms with E-state index < -0.39 is 0 Å². The van der Waals surface area contributed by atoms with Crippen molar-refractivity contribution in [1.82, 2.24) is 15.2 Å². The Bertz CT molecular complexity index is 1340. The SMILES string of the molecule is Cc1cc(/C(C[C@H](c2ccc(-c3nnc(C4CCOCC4)o3)cc2)c2ccccc2C)=N/O)ccn1. The van der Waals surface area contributed by atoms with E-state index in [0.29, 0.717) is 23.9 Å². The Labute approximate surface area is 210 Å². The molecular formula is C29H30N4O3. The number of nitrogens with zero attached hydrogens (tertiary/aromatic N) is 4. The van der Waals surface area contributed by atoms with Gasteiger partial charge in [-0.05, 0) is 67.6 Å². The van der Waals surface area contributed by atoms with E-state index >= 15 is 0 Å². The Kier molecular flexibility index (Phi) is 7.18. The molecule has 1 aliphatic heterocycles. The lowest BCUT2D eigenvalue weighted by atomic mass is 9.83. The molecule has 1 aliphatic rings. The Morgan fingerprint density at radius 2 is 1.81 bits per heavy atom. The molecule has 0 bridgehead atoms. The summed E-state index contributed by atoms with van der Waals surface area (Å²) in [6, 6.07) is 20.4. The van der Waals surface area contributed by atoms with E-state index in [-0.39, 0.29) is 11.8 Å². The van der Waals surface area contributed by atoms with Crippen LogP contribution in [0.25, 0.3) is 11.5 Å². The molecule has 184 valence electrons. The number of benzene rings is 2. The van der Waals surface area contributed by atoms with Crippen molar-refractivity contribution in [3.05, 3.63) is 101 Å². The number of aromatic nitrogens is 3. The van der Waals surface area contributed by atoms with Crippen molar-refractivity contribution in [3.8, 4) is 11.5 Å². The first-order valence-corrected chi connectivity index (χ1v) is 12.3. The number of oxime groups is 1. The molecule has 0 aliphatic carbocycles. The molecule has 2 aromatic carbocycles. The van der Waals surface area contributed by atoms with Gasteiger partial charge in [0.1, 0.15) is 0 Å². The molecular weight excluding hydrogens is 452 g/mol. The van der Waals surface area contributed by atoms with Gasteiger partial charge in [-0.15, -0.1) is 10.2 Å². The van der Waals surface area contributed by atoms with Crippen molar-refractivity contribution in [2.24, 2.45) is 5.16 Å². The number of pyridine rings is 1. The topological polar surface area (TPSA) is 93.6 Å². The summed E-state index contributed by atoms with van der Waals surface area (Å²) in [5.41, 5.74) is 6.75. The van der Waals surface area contributed by atoms with Crippen LogP contribution in [0, 0.1) is 13.8 Å². The van der Waals surface area contributed by atoms with Crippen molar-refractivity contribution in [2.75, 3.05) is 13.2 Å². The van der Waals surface area contributed by atoms with Crippen molar-refractivity contribution in [2.45, 2.75) is 44.9 Å². The van der Waals surface area contributed by atoms with E-state index in [2.05, 4.69) is 51.5 Å². The highest BCUT2D eigenvalue weighted by Gasteiger charge is 2.23. The van der Waals surface area contributed by atoms with Gasteiger partial charge in [-0.25, -0.2) is 0 Å². The second-order valence-electron chi connectivity index (χ2n) is 9.30. The Balaban J connectivity index is 1.44. The molecule has 36 heavy (non-hydrogen) atoms. The fourth-order valence-electron chi connectivity index (χ4n) is 4.84. The number of hydrogen-bond acceptors (Lipinski definition) is 7. The van der Waals surface area contributed by atoms with Crippen LogP contribution in [-0.2, 0) is 4.74 Å². The molecule has 0 unspecified atom stereocenters. The average Bonchev–Trinajstić information content (AvgIpc) is 3.41. The fourth-order valence-corrected chi connectivity index (χ4v) is 4.84.